The molecule has 5 rings (SSSR count). The molecule has 2 atom stereocenters. The normalized spacial score (nSPS) is 18.9. The van der Waals surface area contributed by atoms with Gasteiger partial charge in [-0.05, 0) is 35.2 Å². The van der Waals surface area contributed by atoms with Crippen molar-refractivity contribution >= 4 is 5.91 Å². The molecule has 2 N–H and O–H groups in total. The van der Waals surface area contributed by atoms with Crippen LogP contribution in [-0.4, -0.2) is 51.2 Å². The highest BCUT2D eigenvalue weighted by molar-refractivity contribution is 5.92. The predicted molar refractivity (Wildman–Crippen MR) is 120 cm³/mol. The van der Waals surface area contributed by atoms with Crippen molar-refractivity contribution in [3.05, 3.63) is 88.8 Å². The number of carbonyl (C=O) groups excluding carboxylic acids is 1. The van der Waals surface area contributed by atoms with E-state index in [4.69, 9.17) is 4.74 Å². The van der Waals surface area contributed by atoms with Crippen molar-refractivity contribution in [3.8, 4) is 0 Å². The minimum atomic E-state index is -0.664. The van der Waals surface area contributed by atoms with Crippen LogP contribution in [0.4, 0.5) is 4.39 Å². The molecule has 2 unspecified atom stereocenters. The lowest BCUT2D eigenvalue weighted by molar-refractivity contribution is 0.000453. The van der Waals surface area contributed by atoms with E-state index in [-0.39, 0.29) is 31.0 Å². The summed E-state index contributed by atoms with van der Waals surface area (Å²) in [7, 11) is 0. The SMILES string of the molecule is O=C(NCC(O)CN1CCc2ccccc2C1)c1cn2c(n1)COC(c1ccc(F)cc1)C2. The van der Waals surface area contributed by atoms with E-state index >= 15 is 0 Å². The zero-order valence-corrected chi connectivity index (χ0v) is 18.3. The van der Waals surface area contributed by atoms with Crippen molar-refractivity contribution in [3.63, 3.8) is 0 Å². The monoisotopic (exact) mass is 450 g/mol. The van der Waals surface area contributed by atoms with Crippen molar-refractivity contribution in [1.82, 2.24) is 19.8 Å². The number of β-amino-alcohol motifs (C(OH)–C–C–N with tert-alkyl or cyclic N) is 1. The molecule has 3 heterocycles. The Morgan fingerprint density at radius 1 is 1.21 bits per heavy atom. The van der Waals surface area contributed by atoms with E-state index in [1.54, 1.807) is 18.3 Å². The Balaban J connectivity index is 1.13. The van der Waals surface area contributed by atoms with Crippen LogP contribution in [0.2, 0.25) is 0 Å². The highest BCUT2D eigenvalue weighted by Gasteiger charge is 2.25. The van der Waals surface area contributed by atoms with Crippen molar-refractivity contribution in [2.24, 2.45) is 0 Å². The third-order valence-electron chi connectivity index (χ3n) is 6.29. The number of imidazole rings is 1. The van der Waals surface area contributed by atoms with E-state index in [0.29, 0.717) is 24.6 Å². The molecule has 2 aliphatic heterocycles. The molecule has 0 saturated carbocycles. The summed E-state index contributed by atoms with van der Waals surface area (Å²) in [5.74, 6) is 0.0634. The van der Waals surface area contributed by atoms with E-state index < -0.39 is 6.10 Å². The quantitative estimate of drug-likeness (QED) is 0.603. The summed E-state index contributed by atoms with van der Waals surface area (Å²) in [6.07, 6.45) is 1.79. The number of hydrogen-bond donors (Lipinski definition) is 2. The highest BCUT2D eigenvalue weighted by atomic mass is 19.1. The molecule has 7 nitrogen and oxygen atoms in total. The fraction of sp³-hybridized carbons (Fsp3) is 0.360. The second-order valence-corrected chi connectivity index (χ2v) is 8.66. The first-order valence-electron chi connectivity index (χ1n) is 11.2. The molecular formula is C25H27FN4O3. The number of aliphatic hydroxyl groups is 1. The van der Waals surface area contributed by atoms with Crippen LogP contribution < -0.4 is 5.32 Å². The number of rotatable bonds is 6. The Morgan fingerprint density at radius 3 is 2.82 bits per heavy atom. The number of ether oxygens (including phenoxy) is 1. The fourth-order valence-electron chi connectivity index (χ4n) is 4.50. The molecule has 2 aliphatic rings. The molecule has 33 heavy (non-hydrogen) atoms. The number of halogens is 1. The van der Waals surface area contributed by atoms with Gasteiger partial charge in [0.25, 0.3) is 5.91 Å². The van der Waals surface area contributed by atoms with Crippen LogP contribution in [0.5, 0.6) is 0 Å². The van der Waals surface area contributed by atoms with Gasteiger partial charge in [0.15, 0.2) is 0 Å². The summed E-state index contributed by atoms with van der Waals surface area (Å²) in [5.41, 5.74) is 3.84. The van der Waals surface area contributed by atoms with Crippen LogP contribution in [0.25, 0.3) is 0 Å². The van der Waals surface area contributed by atoms with Gasteiger partial charge in [-0.2, -0.15) is 0 Å². The van der Waals surface area contributed by atoms with E-state index in [1.165, 1.54) is 23.3 Å². The first-order valence-corrected chi connectivity index (χ1v) is 11.2. The minimum Gasteiger partial charge on any atom is -0.390 e. The number of aromatic nitrogens is 2. The summed E-state index contributed by atoms with van der Waals surface area (Å²) < 4.78 is 20.9. The molecule has 172 valence electrons. The molecular weight excluding hydrogens is 423 g/mol. The molecule has 0 bridgehead atoms. The average molecular weight is 451 g/mol. The van der Waals surface area contributed by atoms with E-state index in [2.05, 4.69) is 33.4 Å². The van der Waals surface area contributed by atoms with Crippen molar-refractivity contribution in [1.29, 1.82) is 0 Å². The summed E-state index contributed by atoms with van der Waals surface area (Å²) in [6.45, 7) is 3.14. The van der Waals surface area contributed by atoms with Crippen LogP contribution in [0, 0.1) is 5.82 Å². The number of nitrogens with zero attached hydrogens (tertiary/aromatic N) is 3. The van der Waals surface area contributed by atoms with Gasteiger partial charge >= 0.3 is 0 Å². The van der Waals surface area contributed by atoms with Crippen molar-refractivity contribution in [2.45, 2.75) is 38.3 Å². The smallest absolute Gasteiger partial charge is 0.271 e. The largest absolute Gasteiger partial charge is 0.390 e. The lowest BCUT2D eigenvalue weighted by Gasteiger charge is -2.30. The van der Waals surface area contributed by atoms with Gasteiger partial charge in [0.05, 0.1) is 12.6 Å². The van der Waals surface area contributed by atoms with Crippen LogP contribution >= 0.6 is 0 Å². The topological polar surface area (TPSA) is 79.6 Å². The van der Waals surface area contributed by atoms with Crippen LogP contribution in [0.1, 0.15) is 39.1 Å². The Labute approximate surface area is 191 Å². The van der Waals surface area contributed by atoms with E-state index in [9.17, 15) is 14.3 Å². The van der Waals surface area contributed by atoms with Gasteiger partial charge in [0.1, 0.15) is 30.0 Å². The fourth-order valence-corrected chi connectivity index (χ4v) is 4.50. The van der Waals surface area contributed by atoms with E-state index in [0.717, 1.165) is 25.1 Å². The Kier molecular flexibility index (Phi) is 6.22. The lowest BCUT2D eigenvalue weighted by Crippen LogP contribution is -2.42. The molecule has 1 amide bonds. The minimum absolute atomic E-state index is 0.161. The lowest BCUT2D eigenvalue weighted by atomic mass is 10.00. The van der Waals surface area contributed by atoms with Crippen molar-refractivity contribution in [2.75, 3.05) is 19.6 Å². The standard InChI is InChI=1S/C25H27FN4O3/c26-20-7-5-18(6-8-20)23-15-30-14-22(28-24(30)16-33-23)25(32)27-11-21(31)13-29-10-9-17-3-1-2-4-19(17)12-29/h1-8,14,21,23,31H,9-13,15-16H2,(H,27,32). The summed E-state index contributed by atoms with van der Waals surface area (Å²) >= 11 is 0. The van der Waals surface area contributed by atoms with Gasteiger partial charge in [-0.25, -0.2) is 9.37 Å². The number of fused-ring (bicyclic) bond motifs is 2. The molecule has 3 aromatic rings. The third kappa shape index (κ3) is 4.98. The Morgan fingerprint density at radius 2 is 2.00 bits per heavy atom. The molecule has 0 radical (unpaired) electrons. The molecule has 2 aromatic carbocycles. The van der Waals surface area contributed by atoms with Gasteiger partial charge in [0.2, 0.25) is 0 Å². The zero-order chi connectivity index (χ0) is 22.8. The third-order valence-corrected chi connectivity index (χ3v) is 6.29. The highest BCUT2D eigenvalue weighted by Crippen LogP contribution is 2.26. The van der Waals surface area contributed by atoms with Gasteiger partial charge in [-0.1, -0.05) is 36.4 Å². The van der Waals surface area contributed by atoms with E-state index in [1.807, 2.05) is 10.6 Å². The molecule has 0 fully saturated rings. The zero-order valence-electron chi connectivity index (χ0n) is 18.3. The maximum Gasteiger partial charge on any atom is 0.271 e. The second-order valence-electron chi connectivity index (χ2n) is 8.66. The number of nitrogens with one attached hydrogen (secondary N) is 1. The Hall–Kier alpha value is -3.07. The number of carbonyl (C=O) groups is 1. The molecule has 8 heteroatoms. The number of amides is 1. The molecule has 1 aromatic heterocycles. The van der Waals surface area contributed by atoms with Crippen LogP contribution in [0.3, 0.4) is 0 Å². The number of aliphatic hydroxyl groups excluding tert-OH is 1. The maximum absolute atomic E-state index is 13.2. The Bertz CT molecular complexity index is 1130. The molecule has 0 aliphatic carbocycles. The predicted octanol–water partition coefficient (Wildman–Crippen LogP) is 2.44. The second kappa shape index (κ2) is 9.43. The van der Waals surface area contributed by atoms with Gasteiger partial charge in [-0.3, -0.25) is 9.69 Å². The maximum atomic E-state index is 13.2. The van der Waals surface area contributed by atoms with Gasteiger partial charge in [-0.15, -0.1) is 0 Å². The van der Waals surface area contributed by atoms with Gasteiger partial charge in [0, 0.05) is 32.4 Å². The van der Waals surface area contributed by atoms with Crippen LogP contribution in [-0.2, 0) is 30.9 Å². The first-order chi connectivity index (χ1) is 16.0. The average Bonchev–Trinajstić information content (AvgIpc) is 3.26. The molecule has 0 saturated heterocycles. The summed E-state index contributed by atoms with van der Waals surface area (Å²) in [6, 6.07) is 14.6. The molecule has 0 spiro atoms. The van der Waals surface area contributed by atoms with Crippen molar-refractivity contribution < 1.29 is 19.0 Å². The van der Waals surface area contributed by atoms with Gasteiger partial charge < -0.3 is 19.7 Å². The summed E-state index contributed by atoms with van der Waals surface area (Å²) in [4.78, 5) is 19.2. The summed E-state index contributed by atoms with van der Waals surface area (Å²) in [5, 5.41) is 13.3. The van der Waals surface area contributed by atoms with Crippen LogP contribution in [0.15, 0.2) is 54.7 Å². The number of hydrogen-bond acceptors (Lipinski definition) is 5. The number of benzene rings is 2. The first kappa shape index (κ1) is 21.8.